The molecule has 2 amide bonds. The SMILES string of the molecule is C=CCCCCC(=O)O[C@@H](C)CNC(=O)[C@H](CC=C)CC(=O)NCCOCCO. The highest BCUT2D eigenvalue weighted by Crippen LogP contribution is 2.10. The van der Waals surface area contributed by atoms with Crippen LogP contribution in [0.3, 0.4) is 0 Å². The summed E-state index contributed by atoms with van der Waals surface area (Å²) in [5.74, 6) is -1.39. The maximum atomic E-state index is 12.4. The van der Waals surface area contributed by atoms with E-state index in [1.165, 1.54) is 0 Å². The Labute approximate surface area is 173 Å². The highest BCUT2D eigenvalue weighted by atomic mass is 16.5. The molecule has 0 aromatic rings. The number of nitrogens with one attached hydrogen (secondary N) is 2. The molecule has 2 atom stereocenters. The van der Waals surface area contributed by atoms with E-state index in [2.05, 4.69) is 23.8 Å². The average Bonchev–Trinajstić information content (AvgIpc) is 2.69. The van der Waals surface area contributed by atoms with Crippen LogP contribution in [0, 0.1) is 5.92 Å². The first-order valence-corrected chi connectivity index (χ1v) is 10.1. The van der Waals surface area contributed by atoms with Gasteiger partial charge in [-0.25, -0.2) is 0 Å². The predicted octanol–water partition coefficient (Wildman–Crippen LogP) is 1.49. The third kappa shape index (κ3) is 15.4. The Morgan fingerprint density at radius 3 is 2.52 bits per heavy atom. The van der Waals surface area contributed by atoms with Gasteiger partial charge in [0, 0.05) is 19.4 Å². The minimum Gasteiger partial charge on any atom is -0.461 e. The molecule has 0 radical (unpaired) electrons. The number of allylic oxidation sites excluding steroid dienone is 2. The van der Waals surface area contributed by atoms with E-state index in [9.17, 15) is 14.4 Å². The van der Waals surface area contributed by atoms with Gasteiger partial charge in [-0.2, -0.15) is 0 Å². The molecule has 0 spiro atoms. The fourth-order valence-corrected chi connectivity index (χ4v) is 2.48. The zero-order valence-corrected chi connectivity index (χ0v) is 17.5. The Kier molecular flexibility index (Phi) is 16.5. The third-order valence-electron chi connectivity index (χ3n) is 3.99. The number of rotatable bonds is 18. The second-order valence-corrected chi connectivity index (χ2v) is 6.69. The van der Waals surface area contributed by atoms with E-state index in [0.29, 0.717) is 26.0 Å². The summed E-state index contributed by atoms with van der Waals surface area (Å²) in [6, 6.07) is 0. The van der Waals surface area contributed by atoms with Gasteiger partial charge in [0.15, 0.2) is 0 Å². The van der Waals surface area contributed by atoms with Gasteiger partial charge in [0.05, 0.1) is 32.3 Å². The van der Waals surface area contributed by atoms with Gasteiger partial charge in [0.2, 0.25) is 11.8 Å². The molecular weight excluding hydrogens is 376 g/mol. The number of carbonyl (C=O) groups is 3. The summed E-state index contributed by atoms with van der Waals surface area (Å²) < 4.78 is 10.3. The minimum absolute atomic E-state index is 0.0231. The molecule has 0 fully saturated rings. The van der Waals surface area contributed by atoms with Crippen LogP contribution >= 0.6 is 0 Å². The fourth-order valence-electron chi connectivity index (χ4n) is 2.48. The predicted molar refractivity (Wildman–Crippen MR) is 111 cm³/mol. The molecule has 0 aromatic carbocycles. The average molecular weight is 413 g/mol. The lowest BCUT2D eigenvalue weighted by molar-refractivity contribution is -0.148. The number of ether oxygens (including phenoxy) is 2. The van der Waals surface area contributed by atoms with Crippen LogP contribution in [0.15, 0.2) is 25.3 Å². The summed E-state index contributed by atoms with van der Waals surface area (Å²) in [6.45, 7) is 9.91. The summed E-state index contributed by atoms with van der Waals surface area (Å²) >= 11 is 0. The van der Waals surface area contributed by atoms with Crippen molar-refractivity contribution in [1.29, 1.82) is 0 Å². The van der Waals surface area contributed by atoms with E-state index in [0.717, 1.165) is 19.3 Å². The van der Waals surface area contributed by atoms with Gasteiger partial charge in [-0.1, -0.05) is 12.2 Å². The number of carbonyl (C=O) groups excluding carboxylic acids is 3. The third-order valence-corrected chi connectivity index (χ3v) is 3.99. The topological polar surface area (TPSA) is 114 Å². The Morgan fingerprint density at radius 1 is 1.10 bits per heavy atom. The molecule has 8 nitrogen and oxygen atoms in total. The maximum absolute atomic E-state index is 12.4. The van der Waals surface area contributed by atoms with Gasteiger partial charge in [-0.05, 0) is 32.6 Å². The number of esters is 1. The van der Waals surface area contributed by atoms with Crippen molar-refractivity contribution in [3.8, 4) is 0 Å². The van der Waals surface area contributed by atoms with Crippen LogP contribution in [0.1, 0.15) is 45.4 Å². The molecular formula is C21H36N2O6. The molecule has 0 rings (SSSR count). The first kappa shape index (κ1) is 26.8. The molecule has 0 saturated heterocycles. The number of unbranched alkanes of at least 4 members (excludes halogenated alkanes) is 2. The van der Waals surface area contributed by atoms with Crippen molar-refractivity contribution in [2.45, 2.75) is 51.6 Å². The molecule has 0 saturated carbocycles. The molecule has 0 aliphatic rings. The Morgan fingerprint density at radius 2 is 1.86 bits per heavy atom. The number of hydrogen-bond acceptors (Lipinski definition) is 6. The Bertz CT molecular complexity index is 509. The number of aliphatic hydroxyl groups excluding tert-OH is 1. The van der Waals surface area contributed by atoms with Gasteiger partial charge in [-0.3, -0.25) is 14.4 Å². The van der Waals surface area contributed by atoms with E-state index < -0.39 is 12.0 Å². The Balaban J connectivity index is 4.21. The number of amides is 2. The summed E-state index contributed by atoms with van der Waals surface area (Å²) in [4.78, 5) is 36.1. The highest BCUT2D eigenvalue weighted by Gasteiger charge is 2.21. The summed E-state index contributed by atoms with van der Waals surface area (Å²) in [5, 5.41) is 14.0. The molecule has 0 aromatic heterocycles. The molecule has 0 heterocycles. The smallest absolute Gasteiger partial charge is 0.306 e. The van der Waals surface area contributed by atoms with Gasteiger partial charge >= 0.3 is 5.97 Å². The maximum Gasteiger partial charge on any atom is 0.306 e. The largest absolute Gasteiger partial charge is 0.461 e. The van der Waals surface area contributed by atoms with E-state index in [1.54, 1.807) is 13.0 Å². The minimum atomic E-state index is -0.548. The lowest BCUT2D eigenvalue weighted by Crippen LogP contribution is -2.39. The van der Waals surface area contributed by atoms with Crippen molar-refractivity contribution in [1.82, 2.24) is 10.6 Å². The van der Waals surface area contributed by atoms with Crippen LogP contribution in [0.5, 0.6) is 0 Å². The van der Waals surface area contributed by atoms with Crippen LogP contribution < -0.4 is 10.6 Å². The first-order chi connectivity index (χ1) is 13.9. The summed E-state index contributed by atoms with van der Waals surface area (Å²) in [5.41, 5.74) is 0. The van der Waals surface area contributed by atoms with Crippen molar-refractivity contribution in [2.24, 2.45) is 5.92 Å². The number of hydrogen-bond donors (Lipinski definition) is 3. The molecule has 0 bridgehead atoms. The van der Waals surface area contributed by atoms with Crippen LogP contribution in [-0.4, -0.2) is 61.9 Å². The zero-order chi connectivity index (χ0) is 21.9. The fraction of sp³-hybridized carbons (Fsp3) is 0.667. The zero-order valence-electron chi connectivity index (χ0n) is 17.5. The van der Waals surface area contributed by atoms with Crippen LogP contribution in [0.4, 0.5) is 0 Å². The number of aliphatic hydroxyl groups is 1. The van der Waals surface area contributed by atoms with Crippen LogP contribution in [-0.2, 0) is 23.9 Å². The van der Waals surface area contributed by atoms with Crippen LogP contribution in [0.2, 0.25) is 0 Å². The normalized spacial score (nSPS) is 12.5. The summed E-state index contributed by atoms with van der Waals surface area (Å²) in [6.07, 6.45) is 6.18. The van der Waals surface area contributed by atoms with Crippen molar-refractivity contribution >= 4 is 17.8 Å². The van der Waals surface area contributed by atoms with E-state index in [1.807, 2.05) is 6.08 Å². The quantitative estimate of drug-likeness (QED) is 0.179. The molecule has 3 N–H and O–H groups in total. The van der Waals surface area contributed by atoms with Crippen molar-refractivity contribution in [3.05, 3.63) is 25.3 Å². The molecule has 0 aliphatic carbocycles. The lowest BCUT2D eigenvalue weighted by Gasteiger charge is -2.18. The van der Waals surface area contributed by atoms with Gasteiger partial charge in [-0.15, -0.1) is 13.2 Å². The van der Waals surface area contributed by atoms with Crippen molar-refractivity contribution < 1.29 is 29.0 Å². The summed E-state index contributed by atoms with van der Waals surface area (Å²) in [7, 11) is 0. The second-order valence-electron chi connectivity index (χ2n) is 6.69. The lowest BCUT2D eigenvalue weighted by atomic mass is 10.00. The second kappa shape index (κ2) is 17.9. The standard InChI is InChI=1S/C21H36N2O6/c1-4-6-7-8-10-20(26)29-17(3)16-23-21(27)18(9-5-2)15-19(25)22-11-13-28-14-12-24/h4-5,17-18,24H,1-2,6-16H2,3H3,(H,22,25)(H,23,27)/t17-,18+/m0/s1. The molecule has 0 unspecified atom stereocenters. The van der Waals surface area contributed by atoms with Gasteiger partial charge < -0.3 is 25.2 Å². The monoisotopic (exact) mass is 412 g/mol. The Hall–Kier alpha value is -2.19. The molecule has 0 aliphatic heterocycles. The van der Waals surface area contributed by atoms with Crippen LogP contribution in [0.25, 0.3) is 0 Å². The molecule has 8 heteroatoms. The first-order valence-electron chi connectivity index (χ1n) is 10.1. The molecule has 166 valence electrons. The van der Waals surface area contributed by atoms with Crippen molar-refractivity contribution in [2.75, 3.05) is 32.9 Å². The van der Waals surface area contributed by atoms with Gasteiger partial charge in [0.1, 0.15) is 6.10 Å². The van der Waals surface area contributed by atoms with E-state index in [-0.39, 0.29) is 44.0 Å². The van der Waals surface area contributed by atoms with Crippen molar-refractivity contribution in [3.63, 3.8) is 0 Å². The molecule has 29 heavy (non-hydrogen) atoms. The van der Waals surface area contributed by atoms with E-state index >= 15 is 0 Å². The van der Waals surface area contributed by atoms with Gasteiger partial charge in [0.25, 0.3) is 0 Å². The van der Waals surface area contributed by atoms with E-state index in [4.69, 9.17) is 14.6 Å². The highest BCUT2D eigenvalue weighted by molar-refractivity contribution is 5.85.